The highest BCUT2D eigenvalue weighted by Crippen LogP contribution is 2.22. The van der Waals surface area contributed by atoms with Crippen molar-refractivity contribution in [2.24, 2.45) is 0 Å². The van der Waals surface area contributed by atoms with Crippen LogP contribution in [0.3, 0.4) is 0 Å². The maximum atomic E-state index is 12.2. The molecule has 0 atom stereocenters. The van der Waals surface area contributed by atoms with Crippen LogP contribution in [0, 0.1) is 10.1 Å². The van der Waals surface area contributed by atoms with Crippen molar-refractivity contribution in [2.75, 3.05) is 19.6 Å². The van der Waals surface area contributed by atoms with E-state index < -0.39 is 4.92 Å². The van der Waals surface area contributed by atoms with E-state index in [1.807, 2.05) is 0 Å². The first-order valence-electron chi connectivity index (χ1n) is 6.57. The summed E-state index contributed by atoms with van der Waals surface area (Å²) in [6.45, 7) is 7.49. The van der Waals surface area contributed by atoms with Crippen LogP contribution >= 0.6 is 11.5 Å². The number of likely N-dealkylation sites (N-methyl/N-ethyl adjacent to an activating group) is 1. The number of non-ortho nitro benzene ring substituents is 1. The minimum absolute atomic E-state index is 0.0228. The Balaban J connectivity index is 2.29. The number of aromatic nitrogens is 1. The van der Waals surface area contributed by atoms with Crippen LogP contribution in [-0.2, 0) is 6.54 Å². The van der Waals surface area contributed by atoms with Crippen molar-refractivity contribution in [1.82, 2.24) is 8.86 Å². The first-order valence-corrected chi connectivity index (χ1v) is 7.34. The Bertz CT molecular complexity index is 673. The average Bonchev–Trinajstić information content (AvgIpc) is 2.76. The highest BCUT2D eigenvalue weighted by Gasteiger charge is 2.13. The number of hydrogen-bond donors (Lipinski definition) is 0. The van der Waals surface area contributed by atoms with Gasteiger partial charge in [-0.05, 0) is 19.2 Å². The smallest absolute Gasteiger partial charge is 0.270 e. The molecule has 1 aromatic heterocycles. The number of hydrogen-bond acceptors (Lipinski definition) is 5. The lowest BCUT2D eigenvalue weighted by Gasteiger charge is -2.17. The van der Waals surface area contributed by atoms with Gasteiger partial charge in [0.15, 0.2) is 0 Å². The van der Waals surface area contributed by atoms with Crippen molar-refractivity contribution < 1.29 is 4.92 Å². The zero-order chi connectivity index (χ0) is 14.7. The Kier molecular flexibility index (Phi) is 4.51. The number of rotatable bonds is 6. The molecule has 0 unspecified atom stereocenters. The van der Waals surface area contributed by atoms with Gasteiger partial charge in [0.25, 0.3) is 11.2 Å². The summed E-state index contributed by atoms with van der Waals surface area (Å²) in [5, 5.41) is 11.3. The van der Waals surface area contributed by atoms with Gasteiger partial charge >= 0.3 is 0 Å². The molecule has 0 aliphatic rings. The van der Waals surface area contributed by atoms with Gasteiger partial charge in [0, 0.05) is 25.2 Å². The SMILES string of the molecule is CCN(CC)CCn1sc2cc([N+](=O)[O-])ccc2c1=O. The van der Waals surface area contributed by atoms with Crippen molar-refractivity contribution in [1.29, 1.82) is 0 Å². The summed E-state index contributed by atoms with van der Waals surface area (Å²) in [6.07, 6.45) is 0. The largest absolute Gasteiger partial charge is 0.302 e. The van der Waals surface area contributed by atoms with Gasteiger partial charge in [-0.15, -0.1) is 0 Å². The van der Waals surface area contributed by atoms with Crippen LogP contribution < -0.4 is 5.56 Å². The summed E-state index contributed by atoms with van der Waals surface area (Å²) in [5.74, 6) is 0. The molecular formula is C13H17N3O3S. The lowest BCUT2D eigenvalue weighted by Crippen LogP contribution is -2.28. The lowest BCUT2D eigenvalue weighted by atomic mass is 10.2. The van der Waals surface area contributed by atoms with Gasteiger partial charge in [0.1, 0.15) is 0 Å². The van der Waals surface area contributed by atoms with Gasteiger partial charge in [-0.3, -0.25) is 18.9 Å². The molecule has 7 heteroatoms. The van der Waals surface area contributed by atoms with Gasteiger partial charge in [-0.25, -0.2) is 0 Å². The highest BCUT2D eigenvalue weighted by atomic mass is 32.1. The molecule has 0 radical (unpaired) electrons. The normalized spacial score (nSPS) is 11.3. The average molecular weight is 295 g/mol. The molecule has 108 valence electrons. The molecule has 0 N–H and O–H groups in total. The summed E-state index contributed by atoms with van der Waals surface area (Å²) >= 11 is 1.29. The molecular weight excluding hydrogens is 278 g/mol. The predicted octanol–water partition coefficient (Wildman–Crippen LogP) is 2.31. The van der Waals surface area contributed by atoms with E-state index in [0.717, 1.165) is 19.6 Å². The maximum absolute atomic E-state index is 12.2. The van der Waals surface area contributed by atoms with Crippen molar-refractivity contribution in [2.45, 2.75) is 20.4 Å². The van der Waals surface area contributed by atoms with Gasteiger partial charge in [0.2, 0.25) is 0 Å². The van der Waals surface area contributed by atoms with E-state index >= 15 is 0 Å². The van der Waals surface area contributed by atoms with E-state index in [4.69, 9.17) is 0 Å². The van der Waals surface area contributed by atoms with E-state index in [-0.39, 0.29) is 11.2 Å². The maximum Gasteiger partial charge on any atom is 0.270 e. The Hall–Kier alpha value is -1.73. The fraction of sp³-hybridized carbons (Fsp3) is 0.462. The molecule has 0 saturated carbocycles. The quantitative estimate of drug-likeness (QED) is 0.606. The molecule has 1 heterocycles. The molecule has 0 saturated heterocycles. The van der Waals surface area contributed by atoms with Gasteiger partial charge in [0.05, 0.1) is 15.0 Å². The molecule has 0 amide bonds. The zero-order valence-electron chi connectivity index (χ0n) is 11.5. The van der Waals surface area contributed by atoms with Crippen molar-refractivity contribution >= 4 is 27.3 Å². The highest BCUT2D eigenvalue weighted by molar-refractivity contribution is 7.13. The van der Waals surface area contributed by atoms with Crippen LogP contribution in [0.5, 0.6) is 0 Å². The molecule has 2 rings (SSSR count). The van der Waals surface area contributed by atoms with Crippen molar-refractivity contribution in [3.05, 3.63) is 38.7 Å². The van der Waals surface area contributed by atoms with Crippen LogP contribution in [-0.4, -0.2) is 33.4 Å². The standard InChI is InChI=1S/C13H17N3O3S/c1-3-14(4-2)7-8-15-13(17)11-6-5-10(16(18)19)9-12(11)20-15/h5-6,9H,3-4,7-8H2,1-2H3. The summed E-state index contributed by atoms with van der Waals surface area (Å²) in [5.41, 5.74) is -0.0401. The molecule has 0 aliphatic carbocycles. The molecule has 6 nitrogen and oxygen atoms in total. The Morgan fingerprint density at radius 3 is 2.65 bits per heavy atom. The summed E-state index contributed by atoms with van der Waals surface area (Å²) in [4.78, 5) is 24.7. The second-order valence-electron chi connectivity index (χ2n) is 4.46. The van der Waals surface area contributed by atoms with Gasteiger partial charge in [-0.2, -0.15) is 0 Å². The first-order chi connectivity index (χ1) is 9.56. The fourth-order valence-electron chi connectivity index (χ4n) is 2.09. The molecule has 0 fully saturated rings. The number of nitrogens with zero attached hydrogens (tertiary/aromatic N) is 3. The minimum Gasteiger partial charge on any atom is -0.302 e. The Morgan fingerprint density at radius 2 is 2.05 bits per heavy atom. The van der Waals surface area contributed by atoms with Crippen LogP contribution in [0.1, 0.15) is 13.8 Å². The van der Waals surface area contributed by atoms with Crippen LogP contribution in [0.15, 0.2) is 23.0 Å². The molecule has 0 bridgehead atoms. The molecule has 2 aromatic rings. The second-order valence-corrected chi connectivity index (χ2v) is 5.53. The van der Waals surface area contributed by atoms with Gasteiger partial charge in [-0.1, -0.05) is 25.4 Å². The number of benzene rings is 1. The van der Waals surface area contributed by atoms with Crippen LogP contribution in [0.25, 0.3) is 10.1 Å². The van der Waals surface area contributed by atoms with Crippen LogP contribution in [0.2, 0.25) is 0 Å². The lowest BCUT2D eigenvalue weighted by molar-refractivity contribution is -0.384. The molecule has 0 aliphatic heterocycles. The fourth-order valence-corrected chi connectivity index (χ4v) is 3.11. The number of fused-ring (bicyclic) bond motifs is 1. The van der Waals surface area contributed by atoms with Crippen LogP contribution in [0.4, 0.5) is 5.69 Å². The van der Waals surface area contributed by atoms with Crippen molar-refractivity contribution in [3.63, 3.8) is 0 Å². The number of nitro groups is 1. The molecule has 20 heavy (non-hydrogen) atoms. The monoisotopic (exact) mass is 295 g/mol. The first kappa shape index (κ1) is 14.7. The summed E-state index contributed by atoms with van der Waals surface area (Å²) < 4.78 is 2.34. The van der Waals surface area contributed by atoms with E-state index in [9.17, 15) is 14.9 Å². The minimum atomic E-state index is -0.441. The topological polar surface area (TPSA) is 68.4 Å². The van der Waals surface area contributed by atoms with E-state index in [1.165, 1.54) is 23.7 Å². The number of nitro benzene ring substituents is 1. The third-order valence-electron chi connectivity index (χ3n) is 3.36. The second kappa shape index (κ2) is 6.15. The zero-order valence-corrected chi connectivity index (χ0v) is 12.4. The predicted molar refractivity (Wildman–Crippen MR) is 80.5 cm³/mol. The van der Waals surface area contributed by atoms with E-state index in [1.54, 1.807) is 10.0 Å². The van der Waals surface area contributed by atoms with E-state index in [2.05, 4.69) is 18.7 Å². The Labute approximate surface area is 120 Å². The third-order valence-corrected chi connectivity index (χ3v) is 4.46. The molecule has 0 spiro atoms. The van der Waals surface area contributed by atoms with Crippen molar-refractivity contribution in [3.8, 4) is 0 Å². The van der Waals surface area contributed by atoms with E-state index in [0.29, 0.717) is 16.6 Å². The summed E-state index contributed by atoms with van der Waals surface area (Å²) in [6, 6.07) is 4.39. The van der Waals surface area contributed by atoms with Gasteiger partial charge < -0.3 is 4.90 Å². The summed E-state index contributed by atoms with van der Waals surface area (Å²) in [7, 11) is 0. The molecule has 1 aromatic carbocycles. The Morgan fingerprint density at radius 1 is 1.35 bits per heavy atom. The third kappa shape index (κ3) is 2.88.